The molecular weight excluding hydrogens is 296 g/mol. The molecule has 0 atom stereocenters. The zero-order valence-electron chi connectivity index (χ0n) is 12.4. The molecule has 1 aliphatic rings. The third kappa shape index (κ3) is 3.75. The van der Waals surface area contributed by atoms with E-state index >= 15 is 0 Å². The lowest BCUT2D eigenvalue weighted by molar-refractivity contribution is 0.247. The summed E-state index contributed by atoms with van der Waals surface area (Å²) in [5, 5.41) is 2.64. The zero-order chi connectivity index (χ0) is 15.4. The van der Waals surface area contributed by atoms with E-state index in [2.05, 4.69) is 50.1 Å². The molecule has 0 amide bonds. The minimum absolute atomic E-state index is 0.0531. The molecule has 1 fully saturated rings. The summed E-state index contributed by atoms with van der Waals surface area (Å²) >= 11 is 1.47. The number of thiazole rings is 1. The van der Waals surface area contributed by atoms with Crippen molar-refractivity contribution in [3.8, 4) is 0 Å². The highest BCUT2D eigenvalue weighted by atomic mass is 32.1. The Morgan fingerprint density at radius 1 is 1.14 bits per heavy atom. The molecule has 0 spiro atoms. The van der Waals surface area contributed by atoms with Crippen molar-refractivity contribution in [1.29, 1.82) is 0 Å². The molecule has 7 heteroatoms. The van der Waals surface area contributed by atoms with Crippen LogP contribution in [0.1, 0.15) is 5.69 Å². The number of nitrogens with zero attached hydrogens (tertiary/aromatic N) is 4. The zero-order valence-corrected chi connectivity index (χ0v) is 13.2. The Labute approximate surface area is 134 Å². The van der Waals surface area contributed by atoms with Gasteiger partial charge in [0, 0.05) is 43.8 Å². The van der Waals surface area contributed by atoms with Crippen LogP contribution in [0, 0.1) is 0 Å². The first-order chi connectivity index (χ1) is 10.7. The Balaban J connectivity index is 1.54. The molecule has 3 rings (SSSR count). The van der Waals surface area contributed by atoms with Gasteiger partial charge < -0.3 is 16.4 Å². The summed E-state index contributed by atoms with van der Waals surface area (Å²) in [6, 6.07) is 10.6. The molecular formula is C15H20N6S. The van der Waals surface area contributed by atoms with Crippen molar-refractivity contribution < 1.29 is 0 Å². The SMILES string of the molecule is NC(N)=Nc1nc(CN2CCN(c3ccccc3)CC2)cs1. The molecule has 2 heterocycles. The van der Waals surface area contributed by atoms with E-state index in [0.29, 0.717) is 5.13 Å². The van der Waals surface area contributed by atoms with Crippen molar-refractivity contribution in [3.05, 3.63) is 41.4 Å². The average molecular weight is 316 g/mol. The second-order valence-electron chi connectivity index (χ2n) is 5.26. The molecule has 2 aromatic rings. The monoisotopic (exact) mass is 316 g/mol. The predicted octanol–water partition coefficient (Wildman–Crippen LogP) is 1.37. The summed E-state index contributed by atoms with van der Waals surface area (Å²) in [6.07, 6.45) is 0. The minimum atomic E-state index is 0.0531. The lowest BCUT2D eigenvalue weighted by Gasteiger charge is -2.35. The maximum Gasteiger partial charge on any atom is 0.212 e. The Kier molecular flexibility index (Phi) is 4.55. The largest absolute Gasteiger partial charge is 0.370 e. The Morgan fingerprint density at radius 3 is 2.55 bits per heavy atom. The summed E-state index contributed by atoms with van der Waals surface area (Å²) in [5.41, 5.74) is 13.1. The number of piperazine rings is 1. The van der Waals surface area contributed by atoms with Crippen molar-refractivity contribution in [2.24, 2.45) is 16.5 Å². The highest BCUT2D eigenvalue weighted by molar-refractivity contribution is 7.13. The van der Waals surface area contributed by atoms with Crippen molar-refractivity contribution in [2.75, 3.05) is 31.1 Å². The lowest BCUT2D eigenvalue weighted by atomic mass is 10.2. The van der Waals surface area contributed by atoms with Crippen LogP contribution in [-0.2, 0) is 6.54 Å². The van der Waals surface area contributed by atoms with Gasteiger partial charge >= 0.3 is 0 Å². The highest BCUT2D eigenvalue weighted by Gasteiger charge is 2.18. The maximum absolute atomic E-state index is 5.37. The van der Waals surface area contributed by atoms with Gasteiger partial charge in [-0.3, -0.25) is 4.90 Å². The van der Waals surface area contributed by atoms with Gasteiger partial charge in [-0.25, -0.2) is 4.98 Å². The number of hydrogen-bond acceptors (Lipinski definition) is 5. The van der Waals surface area contributed by atoms with Crippen LogP contribution >= 0.6 is 11.3 Å². The van der Waals surface area contributed by atoms with Crippen LogP contribution < -0.4 is 16.4 Å². The Hall–Kier alpha value is -2.12. The van der Waals surface area contributed by atoms with Crippen LogP contribution in [0.25, 0.3) is 0 Å². The first-order valence-corrected chi connectivity index (χ1v) is 8.15. The number of benzene rings is 1. The molecule has 4 N–H and O–H groups in total. The number of hydrogen-bond donors (Lipinski definition) is 2. The van der Waals surface area contributed by atoms with E-state index in [4.69, 9.17) is 11.5 Å². The summed E-state index contributed by atoms with van der Waals surface area (Å²) in [7, 11) is 0. The van der Waals surface area contributed by atoms with Gasteiger partial charge in [0.05, 0.1) is 5.69 Å². The molecule has 1 saturated heterocycles. The molecule has 1 aromatic carbocycles. The second kappa shape index (κ2) is 6.76. The van der Waals surface area contributed by atoms with E-state index in [1.54, 1.807) is 0 Å². The fraction of sp³-hybridized carbons (Fsp3) is 0.333. The molecule has 1 aromatic heterocycles. The molecule has 0 bridgehead atoms. The first kappa shape index (κ1) is 14.8. The number of anilines is 1. The van der Waals surface area contributed by atoms with Crippen LogP contribution in [0.4, 0.5) is 10.8 Å². The van der Waals surface area contributed by atoms with E-state index in [0.717, 1.165) is 38.4 Å². The van der Waals surface area contributed by atoms with E-state index in [-0.39, 0.29) is 5.96 Å². The molecule has 0 aliphatic carbocycles. The fourth-order valence-corrected chi connectivity index (χ4v) is 3.26. The van der Waals surface area contributed by atoms with E-state index < -0.39 is 0 Å². The Bertz CT molecular complexity index is 626. The van der Waals surface area contributed by atoms with Gasteiger partial charge in [-0.05, 0) is 12.1 Å². The van der Waals surface area contributed by atoms with Crippen LogP contribution in [-0.4, -0.2) is 42.0 Å². The third-order valence-corrected chi connectivity index (χ3v) is 4.43. The van der Waals surface area contributed by atoms with Crippen molar-refractivity contribution in [2.45, 2.75) is 6.54 Å². The topological polar surface area (TPSA) is 83.8 Å². The van der Waals surface area contributed by atoms with Crippen LogP contribution in [0.2, 0.25) is 0 Å². The molecule has 6 nitrogen and oxygen atoms in total. The molecule has 0 radical (unpaired) electrons. The van der Waals surface area contributed by atoms with Crippen molar-refractivity contribution in [3.63, 3.8) is 0 Å². The number of aromatic nitrogens is 1. The summed E-state index contributed by atoms with van der Waals surface area (Å²) < 4.78 is 0. The lowest BCUT2D eigenvalue weighted by Crippen LogP contribution is -2.46. The number of rotatable bonds is 4. The number of para-hydroxylation sites is 1. The summed E-state index contributed by atoms with van der Waals surface area (Å²) in [6.45, 7) is 4.98. The first-order valence-electron chi connectivity index (χ1n) is 7.27. The van der Waals surface area contributed by atoms with Gasteiger partial charge in [-0.15, -0.1) is 11.3 Å². The fourth-order valence-electron chi connectivity index (χ4n) is 2.56. The predicted molar refractivity (Wildman–Crippen MR) is 91.5 cm³/mol. The molecule has 0 saturated carbocycles. The van der Waals surface area contributed by atoms with Crippen molar-refractivity contribution >= 4 is 28.1 Å². The molecule has 22 heavy (non-hydrogen) atoms. The normalized spacial score (nSPS) is 15.7. The quantitative estimate of drug-likeness (QED) is 0.657. The standard InChI is InChI=1S/C15H20N6S/c16-14(17)19-15-18-12(11-22-15)10-20-6-8-21(9-7-20)13-4-2-1-3-5-13/h1-5,11H,6-10H2,(H4,16,17,18,19). The highest BCUT2D eigenvalue weighted by Crippen LogP contribution is 2.21. The summed E-state index contributed by atoms with van der Waals surface area (Å²) in [4.78, 5) is 13.2. The minimum Gasteiger partial charge on any atom is -0.370 e. The van der Waals surface area contributed by atoms with Gasteiger partial charge in [-0.2, -0.15) is 4.99 Å². The second-order valence-corrected chi connectivity index (χ2v) is 6.09. The number of aliphatic imine (C=N–C) groups is 1. The average Bonchev–Trinajstić information content (AvgIpc) is 2.95. The van der Waals surface area contributed by atoms with Gasteiger partial charge in [0.1, 0.15) is 0 Å². The van der Waals surface area contributed by atoms with Crippen molar-refractivity contribution in [1.82, 2.24) is 9.88 Å². The van der Waals surface area contributed by atoms with Crippen LogP contribution in [0.5, 0.6) is 0 Å². The smallest absolute Gasteiger partial charge is 0.212 e. The van der Waals surface area contributed by atoms with Gasteiger partial charge in [0.2, 0.25) is 5.13 Å². The maximum atomic E-state index is 5.37. The van der Waals surface area contributed by atoms with E-state index in [1.807, 2.05) is 5.38 Å². The van der Waals surface area contributed by atoms with Gasteiger partial charge in [0.15, 0.2) is 5.96 Å². The summed E-state index contributed by atoms with van der Waals surface area (Å²) in [5.74, 6) is 0.0531. The molecule has 1 aliphatic heterocycles. The number of guanidine groups is 1. The van der Waals surface area contributed by atoms with Gasteiger partial charge in [-0.1, -0.05) is 18.2 Å². The molecule has 0 unspecified atom stereocenters. The van der Waals surface area contributed by atoms with Crippen LogP contribution in [0.15, 0.2) is 40.7 Å². The third-order valence-electron chi connectivity index (χ3n) is 3.64. The van der Waals surface area contributed by atoms with E-state index in [9.17, 15) is 0 Å². The van der Waals surface area contributed by atoms with E-state index in [1.165, 1.54) is 17.0 Å². The van der Waals surface area contributed by atoms with Gasteiger partial charge in [0.25, 0.3) is 0 Å². The molecule has 116 valence electrons. The number of nitrogens with two attached hydrogens (primary N) is 2. The van der Waals surface area contributed by atoms with Crippen LogP contribution in [0.3, 0.4) is 0 Å². The Morgan fingerprint density at radius 2 is 1.86 bits per heavy atom.